The van der Waals surface area contributed by atoms with E-state index in [-0.39, 0.29) is 13.2 Å². The number of rotatable bonds is 32. The first-order valence-corrected chi connectivity index (χ1v) is 39.4. The van der Waals surface area contributed by atoms with Crippen LogP contribution in [0.15, 0.2) is 380 Å². The SMILES string of the molecule is CCN(CC)N=Nc1cc(-c2ccc(OCc3cc(OCc4ccccc4)cc(OCc4ccccc4)c3)cc2)c(C#Cc2cc(-c3ccc(OCc4ccccc4)cc3)c(C#Cc3ccccc3)c(-c3ccc(OCc4ccccc4)cc3)c2)c(-c2ccc(OCc3cc(OCc4ccccc4)cc(OCc4ccccc4)c3)cc2)c1. The molecule has 0 radical (unpaired) electrons. The van der Waals surface area contributed by atoms with E-state index >= 15 is 0 Å². The Bertz CT molecular complexity index is 5440. The van der Waals surface area contributed by atoms with Crippen LogP contribution in [0.25, 0.3) is 44.5 Å². The molecular weight excluding hydrogens is 1440 g/mol. The molecule has 0 aromatic heterocycles. The molecule has 574 valence electrons. The van der Waals surface area contributed by atoms with Gasteiger partial charge in [-0.25, -0.2) is 0 Å². The molecule has 0 spiro atoms. The molecule has 0 saturated heterocycles. The molecule has 0 aliphatic heterocycles. The zero-order valence-electron chi connectivity index (χ0n) is 65.4. The predicted octanol–water partition coefficient (Wildman–Crippen LogP) is 25.1. The minimum atomic E-state index is 0.240. The van der Waals surface area contributed by atoms with Crippen LogP contribution < -0.4 is 37.9 Å². The maximum Gasteiger partial charge on any atom is 0.123 e. The van der Waals surface area contributed by atoms with Crippen molar-refractivity contribution >= 4 is 5.69 Å². The molecule has 0 bridgehead atoms. The second-order valence-corrected chi connectivity index (χ2v) is 28.0. The molecule has 11 heteroatoms. The van der Waals surface area contributed by atoms with E-state index in [1.54, 1.807) is 0 Å². The van der Waals surface area contributed by atoms with Gasteiger partial charge in [0.2, 0.25) is 0 Å². The Morgan fingerprint density at radius 2 is 0.462 bits per heavy atom. The van der Waals surface area contributed by atoms with Crippen molar-refractivity contribution in [3.05, 3.63) is 437 Å². The quantitative estimate of drug-likeness (QED) is 0.0232. The molecule has 0 atom stereocenters. The van der Waals surface area contributed by atoms with Crippen molar-refractivity contribution in [2.75, 3.05) is 13.1 Å². The number of hydrogen-bond donors (Lipinski definition) is 0. The first-order chi connectivity index (χ1) is 57.8. The lowest BCUT2D eigenvalue weighted by molar-refractivity contribution is 0.281. The molecule has 15 aromatic carbocycles. The number of ether oxygens (including phenoxy) is 8. The van der Waals surface area contributed by atoms with Crippen LogP contribution in [0, 0.1) is 23.7 Å². The average molecular weight is 1530 g/mol. The highest BCUT2D eigenvalue weighted by atomic mass is 16.5. The van der Waals surface area contributed by atoms with Crippen LogP contribution in [-0.4, -0.2) is 18.1 Å². The zero-order valence-corrected chi connectivity index (χ0v) is 65.4. The van der Waals surface area contributed by atoms with E-state index in [2.05, 4.69) is 183 Å². The maximum absolute atomic E-state index is 6.68. The molecule has 0 amide bonds. The summed E-state index contributed by atoms with van der Waals surface area (Å²) in [7, 11) is 0. The Hall–Kier alpha value is -14.8. The van der Waals surface area contributed by atoms with Crippen LogP contribution in [0.5, 0.6) is 46.0 Å². The maximum atomic E-state index is 6.68. The van der Waals surface area contributed by atoms with Crippen LogP contribution in [0.1, 0.15) is 80.6 Å². The van der Waals surface area contributed by atoms with Crippen molar-refractivity contribution < 1.29 is 37.9 Å². The summed E-state index contributed by atoms with van der Waals surface area (Å²) in [4.78, 5) is 0. The Kier molecular flexibility index (Phi) is 26.2. The third-order valence-electron chi connectivity index (χ3n) is 19.6. The third-order valence-corrected chi connectivity index (χ3v) is 19.6. The largest absolute Gasteiger partial charge is 0.489 e. The fourth-order valence-corrected chi connectivity index (χ4v) is 13.3. The molecule has 0 aliphatic carbocycles. The molecule has 0 unspecified atom stereocenters. The first kappa shape index (κ1) is 77.5. The molecule has 15 aromatic rings. The minimum absolute atomic E-state index is 0.240. The molecule has 0 heterocycles. The van der Waals surface area contributed by atoms with E-state index in [0.717, 1.165) is 123 Å². The van der Waals surface area contributed by atoms with Gasteiger partial charge in [-0.15, -0.1) is 5.11 Å². The normalized spacial score (nSPS) is 10.8. The molecule has 15 rings (SSSR count). The summed E-state index contributed by atoms with van der Waals surface area (Å²) < 4.78 is 51.8. The molecule has 0 saturated carbocycles. The lowest BCUT2D eigenvalue weighted by atomic mass is 9.88. The number of hydrogen-bond acceptors (Lipinski definition) is 10. The summed E-state index contributed by atoms with van der Waals surface area (Å²) in [6.45, 7) is 8.41. The van der Waals surface area contributed by atoms with E-state index in [1.807, 2.05) is 229 Å². The van der Waals surface area contributed by atoms with Crippen molar-refractivity contribution in [3.63, 3.8) is 0 Å². The average Bonchev–Trinajstić information content (AvgIpc) is 0.777. The van der Waals surface area contributed by atoms with E-state index < -0.39 is 0 Å². The van der Waals surface area contributed by atoms with Gasteiger partial charge in [0, 0.05) is 58.6 Å². The number of benzene rings is 15. The van der Waals surface area contributed by atoms with Crippen molar-refractivity contribution in [2.24, 2.45) is 10.3 Å². The second-order valence-electron chi connectivity index (χ2n) is 28.0. The highest BCUT2D eigenvalue weighted by Crippen LogP contribution is 2.41. The molecule has 0 N–H and O–H groups in total. The van der Waals surface area contributed by atoms with Gasteiger partial charge >= 0.3 is 0 Å². The van der Waals surface area contributed by atoms with Crippen LogP contribution in [0.3, 0.4) is 0 Å². The van der Waals surface area contributed by atoms with Gasteiger partial charge < -0.3 is 37.9 Å². The van der Waals surface area contributed by atoms with Gasteiger partial charge in [-0.05, 0) is 201 Å². The smallest absolute Gasteiger partial charge is 0.123 e. The van der Waals surface area contributed by atoms with Gasteiger partial charge in [-0.2, -0.15) is 0 Å². The Morgan fingerprint density at radius 3 is 0.735 bits per heavy atom. The van der Waals surface area contributed by atoms with Crippen molar-refractivity contribution in [2.45, 2.75) is 66.7 Å². The summed E-state index contributed by atoms with van der Waals surface area (Å²) in [5.74, 6) is 20.3. The van der Waals surface area contributed by atoms with E-state index in [0.29, 0.717) is 92.9 Å². The second kappa shape index (κ2) is 39.6. The van der Waals surface area contributed by atoms with Gasteiger partial charge in [-0.3, -0.25) is 5.01 Å². The van der Waals surface area contributed by atoms with E-state index in [4.69, 9.17) is 48.2 Å². The Balaban J connectivity index is 0.828. The van der Waals surface area contributed by atoms with Crippen LogP contribution >= 0.6 is 0 Å². The predicted molar refractivity (Wildman–Crippen MR) is 467 cm³/mol. The molecule has 117 heavy (non-hydrogen) atoms. The van der Waals surface area contributed by atoms with Crippen LogP contribution in [0.4, 0.5) is 5.69 Å². The first-order valence-electron chi connectivity index (χ1n) is 39.4. The summed E-state index contributed by atoms with van der Waals surface area (Å²) in [5, 5.41) is 11.7. The lowest BCUT2D eigenvalue weighted by Gasteiger charge is -2.16. The van der Waals surface area contributed by atoms with Gasteiger partial charge in [-0.1, -0.05) is 278 Å². The topological polar surface area (TPSA) is 102 Å². The van der Waals surface area contributed by atoms with Crippen molar-refractivity contribution in [1.82, 2.24) is 5.01 Å². The van der Waals surface area contributed by atoms with Crippen molar-refractivity contribution in [1.29, 1.82) is 0 Å². The van der Waals surface area contributed by atoms with Crippen LogP contribution in [-0.2, 0) is 52.9 Å². The van der Waals surface area contributed by atoms with Gasteiger partial charge in [0.1, 0.15) is 98.9 Å². The Morgan fingerprint density at radius 1 is 0.222 bits per heavy atom. The number of nitrogens with zero attached hydrogens (tertiary/aromatic N) is 3. The molecular formula is C106H87N3O8. The van der Waals surface area contributed by atoms with E-state index in [1.165, 1.54) is 0 Å². The lowest BCUT2D eigenvalue weighted by Crippen LogP contribution is -2.14. The summed E-state index contributed by atoms with van der Waals surface area (Å²) >= 11 is 0. The fourth-order valence-electron chi connectivity index (χ4n) is 13.3. The molecule has 0 fully saturated rings. The monoisotopic (exact) mass is 1530 g/mol. The molecule has 0 aliphatic rings. The van der Waals surface area contributed by atoms with Crippen LogP contribution in [0.2, 0.25) is 0 Å². The van der Waals surface area contributed by atoms with Gasteiger partial charge in [0.15, 0.2) is 0 Å². The highest BCUT2D eigenvalue weighted by Gasteiger charge is 2.19. The van der Waals surface area contributed by atoms with Gasteiger partial charge in [0.25, 0.3) is 0 Å². The minimum Gasteiger partial charge on any atom is -0.489 e. The van der Waals surface area contributed by atoms with E-state index in [9.17, 15) is 0 Å². The van der Waals surface area contributed by atoms with Crippen molar-refractivity contribution in [3.8, 4) is 114 Å². The third kappa shape index (κ3) is 22.1. The molecule has 11 nitrogen and oxygen atoms in total. The zero-order chi connectivity index (χ0) is 79.4. The summed E-state index contributed by atoms with van der Waals surface area (Å²) in [6, 6.07) is 124. The highest BCUT2D eigenvalue weighted by molar-refractivity contribution is 5.88. The Labute approximate surface area is 685 Å². The summed E-state index contributed by atoms with van der Waals surface area (Å²) in [5.41, 5.74) is 19.0. The summed E-state index contributed by atoms with van der Waals surface area (Å²) in [6.07, 6.45) is 0. The van der Waals surface area contributed by atoms with Gasteiger partial charge in [0.05, 0.1) is 5.69 Å². The fraction of sp³-hybridized carbons (Fsp3) is 0.113. The standard InChI is InChI=1S/C106H87N3O8/c1-3-109(4-2)108-107-92-66-105(90-46-54-95(55-47-90)112-76-86-60-97(114-72-81-32-18-8-19-33-81)68-98(61-86)115-73-82-34-20-9-21-35-82)102(106(67-92)91-48-56-96(57-49-91)113-77-87-62-99(116-74-83-36-22-10-23-37-83)69-100(63-87)117-75-84-38-24-11-25-39-84)59-41-85-64-103(88-42-50-93(51-43-88)110-70-79-28-14-6-15-29-79)101(58-40-78-26-12-5-13-27-78)104(65-85)89-44-52-94(53-45-89)111-71-80-30-16-7-17-31-80/h5-39,42-57,60-69H,3-4,70-77H2,1-2H3.